The van der Waals surface area contributed by atoms with Crippen molar-refractivity contribution in [2.24, 2.45) is 0 Å². The summed E-state index contributed by atoms with van der Waals surface area (Å²) in [6, 6.07) is 13.1. The maximum absolute atomic E-state index is 13.5. The first-order valence-corrected chi connectivity index (χ1v) is 10.6. The lowest BCUT2D eigenvalue weighted by molar-refractivity contribution is 0.0615. The molecule has 1 saturated heterocycles. The van der Waals surface area contributed by atoms with Gasteiger partial charge in [0.1, 0.15) is 5.52 Å². The van der Waals surface area contributed by atoms with Gasteiger partial charge in [0.2, 0.25) is 0 Å². The summed E-state index contributed by atoms with van der Waals surface area (Å²) in [5.41, 5.74) is 2.61. The number of amides is 1. The van der Waals surface area contributed by atoms with Crippen LogP contribution in [-0.2, 0) is 0 Å². The first-order valence-electron chi connectivity index (χ1n) is 10.2. The van der Waals surface area contributed by atoms with Crippen molar-refractivity contribution in [3.05, 3.63) is 65.4 Å². The second-order valence-corrected chi connectivity index (χ2v) is 8.04. The van der Waals surface area contributed by atoms with Crippen LogP contribution >= 0.6 is 11.6 Å². The van der Waals surface area contributed by atoms with Gasteiger partial charge in [-0.25, -0.2) is 0 Å². The third-order valence-corrected chi connectivity index (χ3v) is 5.91. The smallest absolute Gasteiger partial charge is 0.295 e. The molecule has 3 heterocycles. The molecule has 2 aromatic carbocycles. The third kappa shape index (κ3) is 3.74. The van der Waals surface area contributed by atoms with Crippen molar-refractivity contribution in [3.63, 3.8) is 0 Å². The fourth-order valence-corrected chi connectivity index (χ4v) is 4.23. The number of likely N-dealkylation sites (tertiary alicyclic amines) is 1. The number of carbonyl (C=O) groups is 1. The number of fused-ring (bicyclic) bond motifs is 1. The van der Waals surface area contributed by atoms with Gasteiger partial charge in [0, 0.05) is 17.6 Å². The molecule has 0 bridgehead atoms. The van der Waals surface area contributed by atoms with Gasteiger partial charge in [-0.05, 0) is 50.1 Å². The van der Waals surface area contributed by atoms with E-state index in [0.29, 0.717) is 39.9 Å². The zero-order valence-corrected chi connectivity index (χ0v) is 17.7. The number of hydrogen-bond donors (Lipinski definition) is 1. The van der Waals surface area contributed by atoms with Crippen LogP contribution in [0.1, 0.15) is 30.1 Å². The first kappa shape index (κ1) is 19.6. The molecule has 2 aromatic heterocycles. The Hall–Kier alpha value is -3.39. The van der Waals surface area contributed by atoms with Gasteiger partial charge in [0.25, 0.3) is 11.9 Å². The number of oxazole rings is 1. The lowest BCUT2D eigenvalue weighted by Gasteiger charge is -2.39. The fraction of sp³-hybridized carbons (Fsp3) is 0.273. The van der Waals surface area contributed by atoms with Crippen molar-refractivity contribution in [3.8, 4) is 5.69 Å². The van der Waals surface area contributed by atoms with Gasteiger partial charge in [0.15, 0.2) is 5.58 Å². The molecular weight excluding hydrogens is 416 g/mol. The van der Waals surface area contributed by atoms with Crippen LogP contribution in [0.5, 0.6) is 0 Å². The van der Waals surface area contributed by atoms with E-state index in [2.05, 4.69) is 20.5 Å². The zero-order chi connectivity index (χ0) is 21.4. The summed E-state index contributed by atoms with van der Waals surface area (Å²) in [6.07, 6.45) is 4.98. The van der Waals surface area contributed by atoms with Gasteiger partial charge in [0.05, 0.1) is 29.7 Å². The third-order valence-electron chi connectivity index (χ3n) is 5.68. The van der Waals surface area contributed by atoms with Crippen molar-refractivity contribution in [1.82, 2.24) is 24.9 Å². The van der Waals surface area contributed by atoms with Crippen LogP contribution in [0.4, 0.5) is 6.01 Å². The Kier molecular flexibility index (Phi) is 5.07. The van der Waals surface area contributed by atoms with Crippen LogP contribution < -0.4 is 5.32 Å². The number of anilines is 1. The maximum Gasteiger partial charge on any atom is 0.295 e. The quantitative estimate of drug-likeness (QED) is 0.516. The molecule has 0 spiro atoms. The lowest BCUT2D eigenvalue weighted by atomic mass is 9.96. The van der Waals surface area contributed by atoms with E-state index in [1.165, 1.54) is 4.80 Å². The van der Waals surface area contributed by atoms with E-state index in [9.17, 15) is 4.79 Å². The van der Waals surface area contributed by atoms with E-state index in [4.69, 9.17) is 16.0 Å². The molecule has 4 aromatic rings. The molecular formula is C22H21ClN6O2. The molecule has 8 nitrogen and oxygen atoms in total. The Morgan fingerprint density at radius 1 is 1.19 bits per heavy atom. The number of halogens is 1. The number of para-hydroxylation sites is 1. The Bertz CT molecular complexity index is 1220. The van der Waals surface area contributed by atoms with Crippen molar-refractivity contribution in [2.45, 2.75) is 31.8 Å². The summed E-state index contributed by atoms with van der Waals surface area (Å²) >= 11 is 6.05. The molecule has 5 rings (SSSR count). The Morgan fingerprint density at radius 3 is 2.84 bits per heavy atom. The summed E-state index contributed by atoms with van der Waals surface area (Å²) in [5.74, 6) is -0.0451. The highest BCUT2D eigenvalue weighted by molar-refractivity contribution is 6.31. The van der Waals surface area contributed by atoms with Crippen molar-refractivity contribution < 1.29 is 9.21 Å². The fourth-order valence-electron chi connectivity index (χ4n) is 4.07. The Morgan fingerprint density at radius 2 is 2.00 bits per heavy atom. The summed E-state index contributed by atoms with van der Waals surface area (Å²) in [6.45, 7) is 2.73. The first-order chi connectivity index (χ1) is 15.1. The van der Waals surface area contributed by atoms with Crippen molar-refractivity contribution >= 4 is 34.6 Å². The topological polar surface area (TPSA) is 89.1 Å². The summed E-state index contributed by atoms with van der Waals surface area (Å²) < 4.78 is 5.82. The van der Waals surface area contributed by atoms with E-state index < -0.39 is 0 Å². The lowest BCUT2D eigenvalue weighted by Crippen LogP contribution is -2.52. The molecule has 1 fully saturated rings. The largest absolute Gasteiger partial charge is 0.424 e. The maximum atomic E-state index is 13.5. The molecule has 9 heteroatoms. The number of nitrogens with zero attached hydrogens (tertiary/aromatic N) is 5. The number of nitrogens with one attached hydrogen (secondary N) is 1. The summed E-state index contributed by atoms with van der Waals surface area (Å²) in [7, 11) is 0. The second-order valence-electron chi connectivity index (χ2n) is 7.60. The van der Waals surface area contributed by atoms with Crippen LogP contribution in [0, 0.1) is 0 Å². The molecule has 1 aliphatic rings. The molecule has 2 atom stereocenters. The van der Waals surface area contributed by atoms with Crippen molar-refractivity contribution in [2.75, 3.05) is 11.9 Å². The molecule has 1 N–H and O–H groups in total. The standard InChI is InChI=1S/C22H21ClN6O2/c1-14-17(26-22-27-18-13-15(23)8-9-20(18)31-22)6-4-12-28(14)21(30)16-5-2-3-7-19(16)29-24-10-11-25-29/h2-3,5,7-11,13-14,17H,4,6,12H2,1H3,(H,26,27)/t14-,17+/m0/s1. The SMILES string of the molecule is C[C@H]1[C@H](Nc2nc3cc(Cl)ccc3o2)CCCN1C(=O)c1ccccc1-n1nccn1. The van der Waals surface area contributed by atoms with Crippen LogP contribution in [0.15, 0.2) is 59.3 Å². The number of carbonyl (C=O) groups excluding carboxylic acids is 1. The Labute approximate surface area is 183 Å². The molecule has 0 unspecified atom stereocenters. The van der Waals surface area contributed by atoms with Gasteiger partial charge in [-0.3, -0.25) is 4.79 Å². The monoisotopic (exact) mass is 436 g/mol. The van der Waals surface area contributed by atoms with Crippen LogP contribution in [0.2, 0.25) is 5.02 Å². The number of rotatable bonds is 4. The normalized spacial score (nSPS) is 19.0. The molecule has 1 amide bonds. The van der Waals surface area contributed by atoms with Gasteiger partial charge in [-0.1, -0.05) is 23.7 Å². The Balaban J connectivity index is 1.38. The van der Waals surface area contributed by atoms with Gasteiger partial charge >= 0.3 is 0 Å². The number of piperidine rings is 1. The predicted molar refractivity (Wildman–Crippen MR) is 118 cm³/mol. The van der Waals surface area contributed by atoms with E-state index in [1.54, 1.807) is 30.6 Å². The highest BCUT2D eigenvalue weighted by Gasteiger charge is 2.33. The summed E-state index contributed by atoms with van der Waals surface area (Å²) in [5, 5.41) is 12.4. The number of hydrogen-bond acceptors (Lipinski definition) is 6. The van der Waals surface area contributed by atoms with E-state index in [1.807, 2.05) is 36.1 Å². The van der Waals surface area contributed by atoms with E-state index in [-0.39, 0.29) is 18.0 Å². The molecule has 158 valence electrons. The van der Waals surface area contributed by atoms with Gasteiger partial charge in [-0.2, -0.15) is 20.0 Å². The van der Waals surface area contributed by atoms with E-state index in [0.717, 1.165) is 12.8 Å². The molecule has 0 radical (unpaired) electrons. The average molecular weight is 437 g/mol. The minimum absolute atomic E-state index is 0.0104. The molecule has 0 aliphatic carbocycles. The second kappa shape index (κ2) is 8.03. The zero-order valence-electron chi connectivity index (χ0n) is 16.9. The molecule has 1 aliphatic heterocycles. The summed E-state index contributed by atoms with van der Waals surface area (Å²) in [4.78, 5) is 21.3. The molecule has 0 saturated carbocycles. The van der Waals surface area contributed by atoms with E-state index >= 15 is 0 Å². The van der Waals surface area contributed by atoms with Crippen molar-refractivity contribution in [1.29, 1.82) is 0 Å². The van der Waals surface area contributed by atoms with Gasteiger partial charge < -0.3 is 14.6 Å². The predicted octanol–water partition coefficient (Wildman–Crippen LogP) is 4.17. The highest BCUT2D eigenvalue weighted by atomic mass is 35.5. The number of aromatic nitrogens is 4. The highest BCUT2D eigenvalue weighted by Crippen LogP contribution is 2.27. The molecule has 31 heavy (non-hydrogen) atoms. The van der Waals surface area contributed by atoms with Crippen LogP contribution in [0.25, 0.3) is 16.8 Å². The number of benzene rings is 2. The van der Waals surface area contributed by atoms with Crippen LogP contribution in [0.3, 0.4) is 0 Å². The average Bonchev–Trinajstić information content (AvgIpc) is 3.44. The minimum Gasteiger partial charge on any atom is -0.424 e. The minimum atomic E-state index is -0.0570. The van der Waals surface area contributed by atoms with Gasteiger partial charge in [-0.15, -0.1) is 0 Å². The van der Waals surface area contributed by atoms with Crippen LogP contribution in [-0.4, -0.2) is 49.4 Å².